The van der Waals surface area contributed by atoms with E-state index in [9.17, 15) is 9.90 Å². The summed E-state index contributed by atoms with van der Waals surface area (Å²) in [6.07, 6.45) is -0.404. The smallest absolute Gasteiger partial charge is 0.181 e. The number of rotatable bonds is 6. The standard InChI is InChI=1S/C15H17NO3S/c1-3-13(17)12-9-20-15(16-12)14(18)8-19-11-6-4-10(2)5-7-11/h4-7,9,14,18H,3,8H2,1-2H3. The van der Waals surface area contributed by atoms with Crippen molar-refractivity contribution in [3.8, 4) is 5.75 Å². The van der Waals surface area contributed by atoms with Gasteiger partial charge in [0.2, 0.25) is 0 Å². The summed E-state index contributed by atoms with van der Waals surface area (Å²) in [5, 5.41) is 12.2. The Labute approximate surface area is 122 Å². The van der Waals surface area contributed by atoms with Crippen molar-refractivity contribution in [2.75, 3.05) is 6.61 Å². The van der Waals surface area contributed by atoms with Gasteiger partial charge in [-0.2, -0.15) is 0 Å². The number of hydrogen-bond donors (Lipinski definition) is 1. The van der Waals surface area contributed by atoms with Crippen molar-refractivity contribution in [3.63, 3.8) is 0 Å². The fourth-order valence-electron chi connectivity index (χ4n) is 1.63. The summed E-state index contributed by atoms with van der Waals surface area (Å²) < 4.78 is 5.50. The highest BCUT2D eigenvalue weighted by Crippen LogP contribution is 2.21. The highest BCUT2D eigenvalue weighted by Gasteiger charge is 2.15. The number of Topliss-reactive ketones (excluding diaryl/α,β-unsaturated/α-hetero) is 1. The minimum Gasteiger partial charge on any atom is -0.490 e. The summed E-state index contributed by atoms with van der Waals surface area (Å²) in [7, 11) is 0. The molecule has 0 spiro atoms. The largest absolute Gasteiger partial charge is 0.490 e. The third-order valence-corrected chi connectivity index (χ3v) is 3.79. The van der Waals surface area contributed by atoms with Crippen LogP contribution in [0.15, 0.2) is 29.6 Å². The molecular weight excluding hydrogens is 274 g/mol. The Morgan fingerprint density at radius 1 is 1.40 bits per heavy atom. The highest BCUT2D eigenvalue weighted by molar-refractivity contribution is 7.09. The SMILES string of the molecule is CCC(=O)c1csc(C(O)COc2ccc(C)cc2)n1. The molecule has 1 unspecified atom stereocenters. The van der Waals surface area contributed by atoms with E-state index >= 15 is 0 Å². The average Bonchev–Trinajstić information content (AvgIpc) is 2.95. The summed E-state index contributed by atoms with van der Waals surface area (Å²) in [6, 6.07) is 7.61. The van der Waals surface area contributed by atoms with Gasteiger partial charge in [0.25, 0.3) is 0 Å². The van der Waals surface area contributed by atoms with Crippen LogP contribution >= 0.6 is 11.3 Å². The van der Waals surface area contributed by atoms with Crippen LogP contribution in [0.5, 0.6) is 5.75 Å². The van der Waals surface area contributed by atoms with E-state index in [4.69, 9.17) is 4.74 Å². The Bertz CT molecular complexity index is 577. The second-order valence-electron chi connectivity index (χ2n) is 4.49. The van der Waals surface area contributed by atoms with Gasteiger partial charge in [-0.1, -0.05) is 24.6 Å². The van der Waals surface area contributed by atoms with Crippen LogP contribution in [0.4, 0.5) is 0 Å². The minimum absolute atomic E-state index is 0.0147. The third kappa shape index (κ3) is 3.65. The van der Waals surface area contributed by atoms with Crippen molar-refractivity contribution >= 4 is 17.1 Å². The average molecular weight is 291 g/mol. The van der Waals surface area contributed by atoms with Crippen molar-refractivity contribution in [2.24, 2.45) is 0 Å². The zero-order chi connectivity index (χ0) is 14.5. The van der Waals surface area contributed by atoms with E-state index in [-0.39, 0.29) is 12.4 Å². The Hall–Kier alpha value is -1.72. The molecule has 0 aliphatic heterocycles. The van der Waals surface area contributed by atoms with E-state index < -0.39 is 6.10 Å². The summed E-state index contributed by atoms with van der Waals surface area (Å²) in [5.74, 6) is 0.690. The number of thiazole rings is 1. The van der Waals surface area contributed by atoms with Crippen molar-refractivity contribution in [1.82, 2.24) is 4.98 Å². The number of hydrogen-bond acceptors (Lipinski definition) is 5. The zero-order valence-electron chi connectivity index (χ0n) is 11.5. The molecule has 0 radical (unpaired) electrons. The first-order chi connectivity index (χ1) is 9.60. The van der Waals surface area contributed by atoms with Crippen molar-refractivity contribution < 1.29 is 14.6 Å². The summed E-state index contributed by atoms with van der Waals surface area (Å²) in [6.45, 7) is 3.91. The Kier molecular flexibility index (Phi) is 4.87. The fourth-order valence-corrected chi connectivity index (χ4v) is 2.42. The lowest BCUT2D eigenvalue weighted by atomic mass is 10.2. The maximum atomic E-state index is 11.5. The lowest BCUT2D eigenvalue weighted by Crippen LogP contribution is -2.10. The predicted molar refractivity (Wildman–Crippen MR) is 78.4 cm³/mol. The molecule has 0 fully saturated rings. The Morgan fingerprint density at radius 3 is 2.75 bits per heavy atom. The molecule has 1 heterocycles. The van der Waals surface area contributed by atoms with E-state index in [2.05, 4.69) is 4.98 Å². The first-order valence-corrected chi connectivity index (χ1v) is 7.34. The van der Waals surface area contributed by atoms with Crippen LogP contribution in [0.3, 0.4) is 0 Å². The number of ketones is 1. The van der Waals surface area contributed by atoms with Gasteiger partial charge >= 0.3 is 0 Å². The first kappa shape index (κ1) is 14.7. The maximum Gasteiger partial charge on any atom is 0.181 e. The molecule has 20 heavy (non-hydrogen) atoms. The molecule has 1 atom stereocenters. The van der Waals surface area contributed by atoms with Gasteiger partial charge in [-0.3, -0.25) is 4.79 Å². The van der Waals surface area contributed by atoms with E-state index in [1.807, 2.05) is 31.2 Å². The molecule has 0 saturated heterocycles. The highest BCUT2D eigenvalue weighted by atomic mass is 32.1. The van der Waals surface area contributed by atoms with Crippen LogP contribution in [0.25, 0.3) is 0 Å². The van der Waals surface area contributed by atoms with Gasteiger partial charge < -0.3 is 9.84 Å². The molecule has 0 aliphatic rings. The van der Waals surface area contributed by atoms with Gasteiger partial charge in [0.1, 0.15) is 29.2 Å². The van der Waals surface area contributed by atoms with Gasteiger partial charge in [-0.15, -0.1) is 11.3 Å². The second kappa shape index (κ2) is 6.63. The Balaban J connectivity index is 1.94. The fraction of sp³-hybridized carbons (Fsp3) is 0.333. The van der Waals surface area contributed by atoms with E-state index in [1.54, 1.807) is 12.3 Å². The number of carbonyl (C=O) groups is 1. The molecule has 106 valence electrons. The van der Waals surface area contributed by atoms with Crippen molar-refractivity contribution in [1.29, 1.82) is 0 Å². The van der Waals surface area contributed by atoms with Crippen LogP contribution in [0.1, 0.15) is 40.5 Å². The molecule has 1 aromatic carbocycles. The molecule has 0 bridgehead atoms. The quantitative estimate of drug-likeness (QED) is 0.831. The van der Waals surface area contributed by atoms with Gasteiger partial charge in [-0.05, 0) is 19.1 Å². The molecule has 2 rings (SSSR count). The van der Waals surface area contributed by atoms with Crippen molar-refractivity contribution in [2.45, 2.75) is 26.4 Å². The minimum atomic E-state index is -0.820. The molecule has 5 heteroatoms. The molecular formula is C15H17NO3S. The van der Waals surface area contributed by atoms with Crippen LogP contribution < -0.4 is 4.74 Å². The molecule has 1 aromatic heterocycles. The number of carbonyl (C=O) groups excluding carboxylic acids is 1. The number of aryl methyl sites for hydroxylation is 1. The van der Waals surface area contributed by atoms with Crippen LogP contribution in [0, 0.1) is 6.92 Å². The molecule has 1 N–H and O–H groups in total. The van der Waals surface area contributed by atoms with E-state index in [0.29, 0.717) is 22.9 Å². The number of aliphatic hydroxyl groups is 1. The lowest BCUT2D eigenvalue weighted by molar-refractivity contribution is 0.0978. The maximum absolute atomic E-state index is 11.5. The zero-order valence-corrected chi connectivity index (χ0v) is 12.3. The third-order valence-electron chi connectivity index (χ3n) is 2.84. The van der Waals surface area contributed by atoms with Crippen LogP contribution in [0.2, 0.25) is 0 Å². The van der Waals surface area contributed by atoms with E-state index in [1.165, 1.54) is 11.3 Å². The van der Waals surface area contributed by atoms with Gasteiger partial charge in [0, 0.05) is 11.8 Å². The number of benzene rings is 1. The van der Waals surface area contributed by atoms with Crippen molar-refractivity contribution in [3.05, 3.63) is 45.9 Å². The Morgan fingerprint density at radius 2 is 2.10 bits per heavy atom. The molecule has 4 nitrogen and oxygen atoms in total. The topological polar surface area (TPSA) is 59.4 Å². The number of aliphatic hydroxyl groups excluding tert-OH is 1. The molecule has 0 saturated carbocycles. The van der Waals surface area contributed by atoms with Crippen LogP contribution in [-0.2, 0) is 0 Å². The normalized spacial score (nSPS) is 12.2. The van der Waals surface area contributed by atoms with E-state index in [0.717, 1.165) is 5.56 Å². The first-order valence-electron chi connectivity index (χ1n) is 6.46. The van der Waals surface area contributed by atoms with Gasteiger partial charge in [-0.25, -0.2) is 4.98 Å². The van der Waals surface area contributed by atoms with Gasteiger partial charge in [0.05, 0.1) is 0 Å². The second-order valence-corrected chi connectivity index (χ2v) is 5.38. The predicted octanol–water partition coefficient (Wildman–Crippen LogP) is 3.16. The van der Waals surface area contributed by atoms with Crippen LogP contribution in [-0.4, -0.2) is 22.5 Å². The lowest BCUT2D eigenvalue weighted by Gasteiger charge is -2.10. The van der Waals surface area contributed by atoms with Gasteiger partial charge in [0.15, 0.2) is 5.78 Å². The monoisotopic (exact) mass is 291 g/mol. The molecule has 0 aliphatic carbocycles. The summed E-state index contributed by atoms with van der Waals surface area (Å²) in [5.41, 5.74) is 1.57. The number of aromatic nitrogens is 1. The molecule has 0 amide bonds. The number of nitrogens with zero attached hydrogens (tertiary/aromatic N) is 1. The summed E-state index contributed by atoms with van der Waals surface area (Å²) >= 11 is 1.28. The molecule has 2 aromatic rings. The summed E-state index contributed by atoms with van der Waals surface area (Å²) in [4.78, 5) is 15.6. The number of ether oxygens (including phenoxy) is 1.